The van der Waals surface area contributed by atoms with Gasteiger partial charge in [0, 0.05) is 25.7 Å². The van der Waals surface area contributed by atoms with E-state index in [4.69, 9.17) is 5.11 Å². The summed E-state index contributed by atoms with van der Waals surface area (Å²) in [5.41, 5.74) is 0. The first kappa shape index (κ1) is 12.9. The molecule has 1 saturated carbocycles. The quantitative estimate of drug-likeness (QED) is 0.589. The smallest absolute Gasteiger partial charge is 0.211 e. The van der Waals surface area contributed by atoms with Crippen molar-refractivity contribution >= 4 is 10.0 Å². The first-order valence-corrected chi connectivity index (χ1v) is 6.99. The van der Waals surface area contributed by atoms with Crippen LogP contribution in [-0.2, 0) is 10.0 Å². The highest BCUT2D eigenvalue weighted by Gasteiger charge is 2.25. The molecule has 1 aliphatic rings. The van der Waals surface area contributed by atoms with Crippen molar-refractivity contribution in [1.29, 1.82) is 0 Å². The van der Waals surface area contributed by atoms with Crippen LogP contribution in [0.25, 0.3) is 0 Å². The van der Waals surface area contributed by atoms with Gasteiger partial charge in [-0.3, -0.25) is 0 Å². The number of hydrogen-bond donors (Lipinski definition) is 2. The van der Waals surface area contributed by atoms with Crippen molar-refractivity contribution in [2.75, 3.05) is 32.5 Å². The maximum Gasteiger partial charge on any atom is 0.211 e. The summed E-state index contributed by atoms with van der Waals surface area (Å²) >= 11 is 0. The van der Waals surface area contributed by atoms with E-state index >= 15 is 0 Å². The molecule has 0 aromatic heterocycles. The van der Waals surface area contributed by atoms with E-state index in [-0.39, 0.29) is 12.4 Å². The third kappa shape index (κ3) is 5.46. The van der Waals surface area contributed by atoms with Crippen LogP contribution in [0, 0.1) is 0 Å². The van der Waals surface area contributed by atoms with Crippen LogP contribution in [0.1, 0.15) is 19.3 Å². The van der Waals surface area contributed by atoms with Crippen molar-refractivity contribution in [3.8, 4) is 0 Å². The molecule has 5 nitrogen and oxygen atoms in total. The predicted octanol–water partition coefficient (Wildman–Crippen LogP) is -0.618. The molecule has 0 aliphatic heterocycles. The highest BCUT2D eigenvalue weighted by Crippen LogP contribution is 2.24. The van der Waals surface area contributed by atoms with Gasteiger partial charge in [-0.1, -0.05) is 0 Å². The zero-order valence-electron chi connectivity index (χ0n) is 9.15. The largest absolute Gasteiger partial charge is 0.396 e. The molecule has 6 heteroatoms. The van der Waals surface area contributed by atoms with Crippen molar-refractivity contribution in [3.63, 3.8) is 0 Å². The van der Waals surface area contributed by atoms with Gasteiger partial charge in [0.15, 0.2) is 0 Å². The summed E-state index contributed by atoms with van der Waals surface area (Å²) in [5.74, 6) is 0.0106. The minimum atomic E-state index is -3.18. The molecule has 0 radical (unpaired) electrons. The normalized spacial score (nSPS) is 17.3. The maximum absolute atomic E-state index is 11.3. The first-order chi connectivity index (χ1) is 7.05. The number of aliphatic hydroxyl groups excluding tert-OH is 1. The van der Waals surface area contributed by atoms with Crippen molar-refractivity contribution in [1.82, 2.24) is 9.62 Å². The summed E-state index contributed by atoms with van der Waals surface area (Å²) in [6, 6.07) is 0.659. The summed E-state index contributed by atoms with van der Waals surface area (Å²) in [4.78, 5) is 2.18. The Kier molecular flexibility index (Phi) is 4.98. The van der Waals surface area contributed by atoms with Crippen molar-refractivity contribution < 1.29 is 13.5 Å². The number of rotatable bonds is 8. The number of nitrogens with zero attached hydrogens (tertiary/aromatic N) is 1. The second-order valence-electron chi connectivity index (χ2n) is 4.00. The topological polar surface area (TPSA) is 69.6 Å². The van der Waals surface area contributed by atoms with Gasteiger partial charge in [-0.15, -0.1) is 0 Å². The van der Waals surface area contributed by atoms with Gasteiger partial charge in [-0.25, -0.2) is 13.1 Å². The Labute approximate surface area is 91.5 Å². The van der Waals surface area contributed by atoms with Crippen molar-refractivity contribution in [2.24, 2.45) is 0 Å². The average molecular weight is 236 g/mol. The Morgan fingerprint density at radius 1 is 1.47 bits per heavy atom. The summed E-state index contributed by atoms with van der Waals surface area (Å²) in [6.07, 6.45) is 2.76. The third-order valence-corrected chi connectivity index (χ3v) is 4.00. The van der Waals surface area contributed by atoms with E-state index in [2.05, 4.69) is 9.62 Å². The Hall–Kier alpha value is -0.170. The fourth-order valence-corrected chi connectivity index (χ4v) is 2.46. The first-order valence-electron chi connectivity index (χ1n) is 5.33. The maximum atomic E-state index is 11.3. The van der Waals surface area contributed by atoms with E-state index in [1.807, 2.05) is 7.05 Å². The standard InChI is InChI=1S/C9H20N2O3S/c1-11(9-3-4-9)6-5-10-15(13,14)8-2-7-12/h9-10,12H,2-8H2,1H3. The van der Waals surface area contributed by atoms with Crippen molar-refractivity contribution in [3.05, 3.63) is 0 Å². The minimum absolute atomic E-state index is 0.0106. The molecule has 15 heavy (non-hydrogen) atoms. The summed E-state index contributed by atoms with van der Waals surface area (Å²) in [7, 11) is -1.17. The van der Waals surface area contributed by atoms with Crippen LogP contribution in [0.4, 0.5) is 0 Å². The average Bonchev–Trinajstić information content (AvgIpc) is 2.97. The lowest BCUT2D eigenvalue weighted by atomic mass is 10.5. The number of sulfonamides is 1. The van der Waals surface area contributed by atoms with E-state index in [9.17, 15) is 8.42 Å². The predicted molar refractivity (Wildman–Crippen MR) is 59.1 cm³/mol. The molecule has 1 rings (SSSR count). The third-order valence-electron chi connectivity index (χ3n) is 2.53. The molecule has 0 aromatic carbocycles. The van der Waals surface area contributed by atoms with Crippen LogP contribution in [0.15, 0.2) is 0 Å². The zero-order valence-corrected chi connectivity index (χ0v) is 9.96. The summed E-state index contributed by atoms with van der Waals surface area (Å²) in [6.45, 7) is 1.13. The Morgan fingerprint density at radius 3 is 2.67 bits per heavy atom. The van der Waals surface area contributed by atoms with E-state index in [0.717, 1.165) is 6.54 Å². The molecule has 0 bridgehead atoms. The van der Waals surface area contributed by atoms with Crippen LogP contribution >= 0.6 is 0 Å². The van der Waals surface area contributed by atoms with Crippen LogP contribution in [0.3, 0.4) is 0 Å². The van der Waals surface area contributed by atoms with Gasteiger partial charge in [-0.2, -0.15) is 0 Å². The molecule has 0 amide bonds. The summed E-state index contributed by atoms with van der Waals surface area (Å²) < 4.78 is 25.2. The molecular formula is C9H20N2O3S. The molecule has 1 fully saturated rings. The monoisotopic (exact) mass is 236 g/mol. The van der Waals surface area contributed by atoms with E-state index in [0.29, 0.717) is 19.0 Å². The van der Waals surface area contributed by atoms with Gasteiger partial charge >= 0.3 is 0 Å². The molecule has 1 aliphatic carbocycles. The lowest BCUT2D eigenvalue weighted by Crippen LogP contribution is -2.35. The Bertz CT molecular complexity index is 275. The molecule has 0 aromatic rings. The fraction of sp³-hybridized carbons (Fsp3) is 1.00. The van der Waals surface area contributed by atoms with Gasteiger partial charge in [0.2, 0.25) is 10.0 Å². The number of nitrogens with one attached hydrogen (secondary N) is 1. The number of aliphatic hydroxyl groups is 1. The van der Waals surface area contributed by atoms with E-state index in [1.165, 1.54) is 12.8 Å². The molecule has 0 saturated heterocycles. The number of hydrogen-bond acceptors (Lipinski definition) is 4. The SMILES string of the molecule is CN(CCNS(=O)(=O)CCCO)C1CC1. The second-order valence-corrected chi connectivity index (χ2v) is 5.93. The zero-order chi connectivity index (χ0) is 11.3. The second kappa shape index (κ2) is 5.79. The molecule has 0 atom stereocenters. The van der Waals surface area contributed by atoms with E-state index in [1.54, 1.807) is 0 Å². The highest BCUT2D eigenvalue weighted by atomic mass is 32.2. The highest BCUT2D eigenvalue weighted by molar-refractivity contribution is 7.89. The minimum Gasteiger partial charge on any atom is -0.396 e. The molecule has 0 spiro atoms. The van der Waals surface area contributed by atoms with Crippen molar-refractivity contribution in [2.45, 2.75) is 25.3 Å². The summed E-state index contributed by atoms with van der Waals surface area (Å²) in [5, 5.41) is 8.52. The lowest BCUT2D eigenvalue weighted by molar-refractivity contribution is 0.295. The van der Waals surface area contributed by atoms with Gasteiger partial charge in [-0.05, 0) is 26.3 Å². The molecule has 0 heterocycles. The van der Waals surface area contributed by atoms with Gasteiger partial charge < -0.3 is 10.0 Å². The molecular weight excluding hydrogens is 216 g/mol. The molecule has 0 unspecified atom stereocenters. The molecule has 2 N–H and O–H groups in total. The van der Waals surface area contributed by atoms with Gasteiger partial charge in [0.05, 0.1) is 5.75 Å². The van der Waals surface area contributed by atoms with E-state index < -0.39 is 10.0 Å². The van der Waals surface area contributed by atoms with Crippen LogP contribution in [0.5, 0.6) is 0 Å². The van der Waals surface area contributed by atoms with Gasteiger partial charge in [0.1, 0.15) is 0 Å². The van der Waals surface area contributed by atoms with Crippen LogP contribution in [0.2, 0.25) is 0 Å². The Morgan fingerprint density at radius 2 is 2.13 bits per heavy atom. The molecule has 90 valence electrons. The number of likely N-dealkylation sites (N-methyl/N-ethyl adjacent to an activating group) is 1. The lowest BCUT2D eigenvalue weighted by Gasteiger charge is -2.15. The fourth-order valence-electron chi connectivity index (χ4n) is 1.40. The Balaban J connectivity index is 2.12. The van der Waals surface area contributed by atoms with Gasteiger partial charge in [0.25, 0.3) is 0 Å². The van der Waals surface area contributed by atoms with Crippen LogP contribution < -0.4 is 4.72 Å². The van der Waals surface area contributed by atoms with Crippen LogP contribution in [-0.4, -0.2) is 57.0 Å².